The first kappa shape index (κ1) is 13.5. The van der Waals surface area contributed by atoms with Gasteiger partial charge in [-0.3, -0.25) is 0 Å². The Hall–Kier alpha value is -0.980. The summed E-state index contributed by atoms with van der Waals surface area (Å²) in [5.41, 5.74) is 0.928. The maximum Gasteiger partial charge on any atom is 0.0964 e. The molecular formula is C12H23N5O. The van der Waals surface area contributed by atoms with Crippen molar-refractivity contribution in [3.05, 3.63) is 11.9 Å². The van der Waals surface area contributed by atoms with Gasteiger partial charge < -0.3 is 15.3 Å². The van der Waals surface area contributed by atoms with Gasteiger partial charge in [-0.05, 0) is 32.9 Å². The maximum absolute atomic E-state index is 8.80. The monoisotopic (exact) mass is 253 g/mol. The Kier molecular flexibility index (Phi) is 5.10. The third kappa shape index (κ3) is 4.04. The molecule has 1 atom stereocenters. The van der Waals surface area contributed by atoms with Crippen molar-refractivity contribution >= 4 is 0 Å². The van der Waals surface area contributed by atoms with Gasteiger partial charge >= 0.3 is 0 Å². The molecule has 6 nitrogen and oxygen atoms in total. The molecule has 0 amide bonds. The van der Waals surface area contributed by atoms with E-state index in [1.807, 2.05) is 6.20 Å². The molecule has 1 aliphatic rings. The van der Waals surface area contributed by atoms with Gasteiger partial charge in [0.15, 0.2) is 0 Å². The van der Waals surface area contributed by atoms with Crippen LogP contribution in [-0.4, -0.2) is 57.3 Å². The van der Waals surface area contributed by atoms with Crippen molar-refractivity contribution in [2.75, 3.05) is 26.2 Å². The fourth-order valence-corrected chi connectivity index (χ4v) is 2.33. The minimum absolute atomic E-state index is 0.0988. The summed E-state index contributed by atoms with van der Waals surface area (Å²) in [6, 6.07) is 0.464. The largest absolute Gasteiger partial charge is 0.394 e. The van der Waals surface area contributed by atoms with Gasteiger partial charge in [-0.15, -0.1) is 5.10 Å². The molecule has 0 bridgehead atoms. The number of hydrogen-bond donors (Lipinski definition) is 2. The molecule has 1 saturated heterocycles. The SMILES string of the molecule is CC(CN1CCCC1)NCc1cn(CCO)nn1. The molecule has 1 aromatic rings. The highest BCUT2D eigenvalue weighted by atomic mass is 16.3. The third-order valence-corrected chi connectivity index (χ3v) is 3.28. The van der Waals surface area contributed by atoms with Gasteiger partial charge in [-0.25, -0.2) is 4.68 Å². The van der Waals surface area contributed by atoms with Crippen LogP contribution in [0, 0.1) is 0 Å². The van der Waals surface area contributed by atoms with Crippen molar-refractivity contribution in [2.45, 2.75) is 38.9 Å². The number of nitrogens with one attached hydrogen (secondary N) is 1. The molecule has 2 heterocycles. The van der Waals surface area contributed by atoms with Crippen molar-refractivity contribution in [1.82, 2.24) is 25.2 Å². The Morgan fingerprint density at radius 3 is 2.94 bits per heavy atom. The second kappa shape index (κ2) is 6.82. The first-order valence-electron chi connectivity index (χ1n) is 6.73. The van der Waals surface area contributed by atoms with Crippen LogP contribution >= 0.6 is 0 Å². The fraction of sp³-hybridized carbons (Fsp3) is 0.833. The van der Waals surface area contributed by atoms with Crippen LogP contribution in [0.25, 0.3) is 0 Å². The molecule has 1 aliphatic heterocycles. The van der Waals surface area contributed by atoms with Gasteiger partial charge in [0.1, 0.15) is 0 Å². The van der Waals surface area contributed by atoms with E-state index in [-0.39, 0.29) is 6.61 Å². The number of likely N-dealkylation sites (tertiary alicyclic amines) is 1. The van der Waals surface area contributed by atoms with Crippen molar-refractivity contribution in [1.29, 1.82) is 0 Å². The second-order valence-electron chi connectivity index (χ2n) is 4.99. The molecule has 102 valence electrons. The number of hydrogen-bond acceptors (Lipinski definition) is 5. The molecule has 2 rings (SSSR count). The van der Waals surface area contributed by atoms with Crippen LogP contribution in [0.1, 0.15) is 25.5 Å². The molecule has 1 aromatic heterocycles. The van der Waals surface area contributed by atoms with Crippen molar-refractivity contribution in [3.63, 3.8) is 0 Å². The summed E-state index contributed by atoms with van der Waals surface area (Å²) in [6.45, 7) is 7.12. The van der Waals surface area contributed by atoms with E-state index in [1.54, 1.807) is 4.68 Å². The lowest BCUT2D eigenvalue weighted by molar-refractivity contribution is 0.268. The fourth-order valence-electron chi connectivity index (χ4n) is 2.33. The van der Waals surface area contributed by atoms with Gasteiger partial charge in [0.2, 0.25) is 0 Å². The molecule has 0 spiro atoms. The zero-order chi connectivity index (χ0) is 12.8. The number of aliphatic hydroxyl groups excluding tert-OH is 1. The molecule has 2 N–H and O–H groups in total. The lowest BCUT2D eigenvalue weighted by Gasteiger charge is -2.20. The molecule has 1 fully saturated rings. The number of aromatic nitrogens is 3. The second-order valence-corrected chi connectivity index (χ2v) is 4.99. The van der Waals surface area contributed by atoms with Gasteiger partial charge in [0, 0.05) is 25.3 Å². The first-order valence-corrected chi connectivity index (χ1v) is 6.73. The normalized spacial score (nSPS) is 18.3. The van der Waals surface area contributed by atoms with E-state index < -0.39 is 0 Å². The Bertz CT molecular complexity index is 348. The molecule has 18 heavy (non-hydrogen) atoms. The molecule has 0 saturated carbocycles. The summed E-state index contributed by atoms with van der Waals surface area (Å²) in [6.07, 6.45) is 4.55. The van der Waals surface area contributed by atoms with E-state index in [0.29, 0.717) is 12.6 Å². The van der Waals surface area contributed by atoms with Crippen molar-refractivity contribution in [2.24, 2.45) is 0 Å². The predicted molar refractivity (Wildman–Crippen MR) is 69.1 cm³/mol. The summed E-state index contributed by atoms with van der Waals surface area (Å²) < 4.78 is 1.67. The Morgan fingerprint density at radius 1 is 1.44 bits per heavy atom. The average Bonchev–Trinajstić information content (AvgIpc) is 2.99. The smallest absolute Gasteiger partial charge is 0.0964 e. The molecule has 0 radical (unpaired) electrons. The van der Waals surface area contributed by atoms with Crippen LogP contribution in [0.3, 0.4) is 0 Å². The highest BCUT2D eigenvalue weighted by molar-refractivity contribution is 4.92. The molecule has 0 aliphatic carbocycles. The molecule has 1 unspecified atom stereocenters. The third-order valence-electron chi connectivity index (χ3n) is 3.28. The maximum atomic E-state index is 8.80. The topological polar surface area (TPSA) is 66.2 Å². The Balaban J connectivity index is 1.69. The summed E-state index contributed by atoms with van der Waals surface area (Å²) in [4.78, 5) is 2.50. The first-order chi connectivity index (χ1) is 8.78. The summed E-state index contributed by atoms with van der Waals surface area (Å²) in [5, 5.41) is 20.3. The van der Waals surface area contributed by atoms with Crippen molar-refractivity contribution in [3.8, 4) is 0 Å². The quantitative estimate of drug-likeness (QED) is 0.707. The predicted octanol–water partition coefficient (Wildman–Crippen LogP) is -0.156. The van der Waals surface area contributed by atoms with Gasteiger partial charge in [0.25, 0.3) is 0 Å². The lowest BCUT2D eigenvalue weighted by atomic mass is 10.3. The van der Waals surface area contributed by atoms with Gasteiger partial charge in [0.05, 0.1) is 18.8 Å². The van der Waals surface area contributed by atoms with Gasteiger partial charge in [-0.1, -0.05) is 5.21 Å². The highest BCUT2D eigenvalue weighted by Gasteiger charge is 2.14. The summed E-state index contributed by atoms with van der Waals surface area (Å²) >= 11 is 0. The zero-order valence-electron chi connectivity index (χ0n) is 11.0. The molecule has 6 heteroatoms. The van der Waals surface area contributed by atoms with Crippen LogP contribution in [0.15, 0.2) is 6.20 Å². The number of aliphatic hydroxyl groups is 1. The zero-order valence-corrected chi connectivity index (χ0v) is 11.0. The van der Waals surface area contributed by atoms with E-state index in [0.717, 1.165) is 18.8 Å². The average molecular weight is 253 g/mol. The Labute approximate surface area is 108 Å². The van der Waals surface area contributed by atoms with E-state index in [4.69, 9.17) is 5.11 Å². The summed E-state index contributed by atoms with van der Waals surface area (Å²) in [5.74, 6) is 0. The van der Waals surface area contributed by atoms with E-state index in [1.165, 1.54) is 25.9 Å². The van der Waals surface area contributed by atoms with E-state index in [9.17, 15) is 0 Å². The molecular weight excluding hydrogens is 230 g/mol. The number of rotatable bonds is 7. The van der Waals surface area contributed by atoms with Crippen LogP contribution < -0.4 is 5.32 Å². The van der Waals surface area contributed by atoms with Crippen LogP contribution in [-0.2, 0) is 13.1 Å². The van der Waals surface area contributed by atoms with Crippen LogP contribution in [0.5, 0.6) is 0 Å². The summed E-state index contributed by atoms with van der Waals surface area (Å²) in [7, 11) is 0. The number of nitrogens with zero attached hydrogens (tertiary/aromatic N) is 4. The lowest BCUT2D eigenvalue weighted by Crippen LogP contribution is -2.37. The minimum atomic E-state index is 0.0988. The Morgan fingerprint density at radius 2 is 2.22 bits per heavy atom. The molecule has 0 aromatic carbocycles. The van der Waals surface area contributed by atoms with E-state index >= 15 is 0 Å². The van der Waals surface area contributed by atoms with Crippen LogP contribution in [0.2, 0.25) is 0 Å². The minimum Gasteiger partial charge on any atom is -0.394 e. The highest BCUT2D eigenvalue weighted by Crippen LogP contribution is 2.07. The van der Waals surface area contributed by atoms with Gasteiger partial charge in [-0.2, -0.15) is 0 Å². The standard InChI is InChI=1S/C12H23N5O/c1-11(9-16-4-2-3-5-16)13-8-12-10-17(6-7-18)15-14-12/h10-11,13,18H,2-9H2,1H3. The van der Waals surface area contributed by atoms with Crippen molar-refractivity contribution < 1.29 is 5.11 Å². The van der Waals surface area contributed by atoms with E-state index in [2.05, 4.69) is 27.5 Å². The van der Waals surface area contributed by atoms with Crippen LogP contribution in [0.4, 0.5) is 0 Å².